The Labute approximate surface area is 221 Å². The number of halogens is 3. The van der Waals surface area contributed by atoms with Crippen LogP contribution in [0, 0.1) is 19.7 Å². The molecule has 184 valence electrons. The summed E-state index contributed by atoms with van der Waals surface area (Å²) in [7, 11) is 1.29. The first-order chi connectivity index (χ1) is 17.0. The van der Waals surface area contributed by atoms with Crippen LogP contribution in [0.1, 0.15) is 27.3 Å². The summed E-state index contributed by atoms with van der Waals surface area (Å²) in [6.45, 7) is 3.61. The molecule has 1 aromatic heterocycles. The number of hydrogen-bond acceptors (Lipinski definition) is 5. The number of thiocarbonyl (C=S) groups is 1. The SMILES string of the molecule is COC(=O)c1ccc(Cl)c(-n2c(C)cc(/C=C3\C(=O)NC(=S)N(c4ccc(F)c(Cl)c4)C3=O)c2C)c1. The van der Waals surface area contributed by atoms with Gasteiger partial charge < -0.3 is 9.30 Å². The molecule has 7 nitrogen and oxygen atoms in total. The first kappa shape index (κ1) is 25.6. The number of carbonyl (C=O) groups is 3. The van der Waals surface area contributed by atoms with E-state index in [1.165, 1.54) is 25.3 Å². The highest BCUT2D eigenvalue weighted by molar-refractivity contribution is 7.80. The van der Waals surface area contributed by atoms with Crippen LogP contribution in [0.15, 0.2) is 48.0 Å². The standard InChI is InChI=1S/C25H18Cl2FN3O4S/c1-12-8-15(13(2)30(12)21-10-14(24(34)35-3)4-6-18(21)26)9-17-22(32)29-25(36)31(23(17)33)16-5-7-20(28)19(27)11-16/h4-11H,1-3H3,(H,29,32,36)/b17-9+. The smallest absolute Gasteiger partial charge is 0.337 e. The first-order valence-corrected chi connectivity index (χ1v) is 11.6. The molecule has 0 bridgehead atoms. The van der Waals surface area contributed by atoms with Crippen molar-refractivity contribution < 1.29 is 23.5 Å². The Morgan fingerprint density at radius 1 is 1.08 bits per heavy atom. The topological polar surface area (TPSA) is 80.6 Å². The second kappa shape index (κ2) is 9.85. The van der Waals surface area contributed by atoms with Crippen molar-refractivity contribution in [3.63, 3.8) is 0 Å². The van der Waals surface area contributed by atoms with Crippen LogP contribution < -0.4 is 10.2 Å². The molecule has 0 unspecified atom stereocenters. The lowest BCUT2D eigenvalue weighted by Gasteiger charge is -2.29. The highest BCUT2D eigenvalue weighted by Gasteiger charge is 2.35. The van der Waals surface area contributed by atoms with Crippen LogP contribution in [-0.4, -0.2) is 34.6 Å². The van der Waals surface area contributed by atoms with Gasteiger partial charge in [-0.1, -0.05) is 23.2 Å². The Morgan fingerprint density at radius 2 is 1.81 bits per heavy atom. The van der Waals surface area contributed by atoms with Crippen LogP contribution in [0.5, 0.6) is 0 Å². The lowest BCUT2D eigenvalue weighted by Crippen LogP contribution is -2.54. The number of hydrogen-bond donors (Lipinski definition) is 1. The molecule has 1 aliphatic heterocycles. The van der Waals surface area contributed by atoms with Crippen molar-refractivity contribution in [1.29, 1.82) is 0 Å². The average Bonchev–Trinajstić information content (AvgIpc) is 3.11. The normalized spacial score (nSPS) is 14.9. The molecule has 0 radical (unpaired) electrons. The number of ether oxygens (including phenoxy) is 1. The Hall–Kier alpha value is -3.53. The van der Waals surface area contributed by atoms with Crippen molar-refractivity contribution in [2.45, 2.75) is 13.8 Å². The van der Waals surface area contributed by atoms with E-state index in [1.807, 2.05) is 6.92 Å². The molecule has 2 amide bonds. The fourth-order valence-electron chi connectivity index (χ4n) is 3.90. The maximum atomic E-state index is 13.6. The van der Waals surface area contributed by atoms with Gasteiger partial charge in [-0.3, -0.25) is 19.8 Å². The van der Waals surface area contributed by atoms with Gasteiger partial charge in [-0.05, 0) is 80.2 Å². The monoisotopic (exact) mass is 545 g/mol. The van der Waals surface area contributed by atoms with Crippen molar-refractivity contribution in [3.05, 3.63) is 86.4 Å². The molecular formula is C25H18Cl2FN3O4S. The quantitative estimate of drug-likeness (QED) is 0.212. The number of rotatable bonds is 4. The third-order valence-corrected chi connectivity index (χ3v) is 6.54. The summed E-state index contributed by atoms with van der Waals surface area (Å²) in [5.41, 5.74) is 2.84. The van der Waals surface area contributed by atoms with E-state index < -0.39 is 23.6 Å². The molecule has 1 aliphatic rings. The zero-order valence-electron chi connectivity index (χ0n) is 19.2. The van der Waals surface area contributed by atoms with Gasteiger partial charge in [0.15, 0.2) is 5.11 Å². The van der Waals surface area contributed by atoms with Gasteiger partial charge in [-0.2, -0.15) is 0 Å². The molecule has 2 heterocycles. The number of aryl methyl sites for hydroxylation is 1. The van der Waals surface area contributed by atoms with Gasteiger partial charge >= 0.3 is 5.97 Å². The number of nitrogens with zero attached hydrogens (tertiary/aromatic N) is 2. The minimum atomic E-state index is -0.693. The maximum absolute atomic E-state index is 13.6. The Morgan fingerprint density at radius 3 is 2.47 bits per heavy atom. The van der Waals surface area contributed by atoms with E-state index in [4.69, 9.17) is 40.2 Å². The van der Waals surface area contributed by atoms with Gasteiger partial charge in [0, 0.05) is 11.4 Å². The predicted molar refractivity (Wildman–Crippen MR) is 139 cm³/mol. The number of anilines is 1. The zero-order chi connectivity index (χ0) is 26.3. The Kier molecular flexibility index (Phi) is 6.99. The minimum Gasteiger partial charge on any atom is -0.465 e. The molecule has 36 heavy (non-hydrogen) atoms. The lowest BCUT2D eigenvalue weighted by atomic mass is 10.1. The molecule has 0 saturated carbocycles. The molecule has 1 saturated heterocycles. The van der Waals surface area contributed by atoms with E-state index in [9.17, 15) is 18.8 Å². The maximum Gasteiger partial charge on any atom is 0.337 e. The summed E-state index contributed by atoms with van der Waals surface area (Å²) >= 11 is 17.5. The van der Waals surface area contributed by atoms with E-state index in [0.29, 0.717) is 27.5 Å². The van der Waals surface area contributed by atoms with E-state index >= 15 is 0 Å². The predicted octanol–water partition coefficient (Wildman–Crippen LogP) is 5.16. The Balaban J connectivity index is 1.79. The number of aromatic nitrogens is 1. The molecule has 11 heteroatoms. The number of methoxy groups -OCH3 is 1. The van der Waals surface area contributed by atoms with Crippen molar-refractivity contribution >= 4 is 70.1 Å². The average molecular weight is 546 g/mol. The van der Waals surface area contributed by atoms with Crippen LogP contribution >= 0.6 is 35.4 Å². The van der Waals surface area contributed by atoms with Crippen molar-refractivity contribution in [1.82, 2.24) is 9.88 Å². The van der Waals surface area contributed by atoms with Crippen LogP contribution in [-0.2, 0) is 14.3 Å². The van der Waals surface area contributed by atoms with Crippen LogP contribution in [0.4, 0.5) is 10.1 Å². The van der Waals surface area contributed by atoms with E-state index in [1.54, 1.807) is 35.8 Å². The number of esters is 1. The highest BCUT2D eigenvalue weighted by atomic mass is 35.5. The molecule has 0 aliphatic carbocycles. The fraction of sp³-hybridized carbons (Fsp3) is 0.120. The summed E-state index contributed by atoms with van der Waals surface area (Å²) in [6.07, 6.45) is 1.44. The molecule has 4 rings (SSSR count). The molecule has 0 atom stereocenters. The number of carbonyl (C=O) groups excluding carboxylic acids is 3. The second-order valence-electron chi connectivity index (χ2n) is 7.88. The first-order valence-electron chi connectivity index (χ1n) is 10.5. The Bertz CT molecular complexity index is 1500. The van der Waals surface area contributed by atoms with Crippen LogP contribution in [0.25, 0.3) is 11.8 Å². The van der Waals surface area contributed by atoms with Crippen molar-refractivity contribution in [2.24, 2.45) is 0 Å². The van der Waals surface area contributed by atoms with Crippen molar-refractivity contribution in [3.8, 4) is 5.69 Å². The minimum absolute atomic E-state index is 0.151. The number of amides is 2. The molecule has 1 fully saturated rings. The third-order valence-electron chi connectivity index (χ3n) is 5.64. The second-order valence-corrected chi connectivity index (χ2v) is 9.08. The van der Waals surface area contributed by atoms with E-state index in [2.05, 4.69) is 5.32 Å². The molecule has 0 spiro atoms. The molecule has 2 aromatic carbocycles. The fourth-order valence-corrected chi connectivity index (χ4v) is 4.56. The zero-order valence-corrected chi connectivity index (χ0v) is 21.5. The van der Waals surface area contributed by atoms with Gasteiger partial charge in [0.2, 0.25) is 0 Å². The van der Waals surface area contributed by atoms with Gasteiger partial charge in [-0.15, -0.1) is 0 Å². The summed E-state index contributed by atoms with van der Waals surface area (Å²) in [5, 5.41) is 2.53. The summed E-state index contributed by atoms with van der Waals surface area (Å²) in [5.74, 6) is -2.54. The molecular weight excluding hydrogens is 528 g/mol. The van der Waals surface area contributed by atoms with E-state index in [0.717, 1.165) is 16.7 Å². The van der Waals surface area contributed by atoms with Crippen molar-refractivity contribution in [2.75, 3.05) is 12.0 Å². The highest BCUT2D eigenvalue weighted by Crippen LogP contribution is 2.30. The summed E-state index contributed by atoms with van der Waals surface area (Å²) < 4.78 is 20.2. The van der Waals surface area contributed by atoms with Gasteiger partial charge in [0.1, 0.15) is 11.4 Å². The number of nitrogens with one attached hydrogen (secondary N) is 1. The van der Waals surface area contributed by atoms with Crippen LogP contribution in [0.3, 0.4) is 0 Å². The molecule has 3 aromatic rings. The largest absolute Gasteiger partial charge is 0.465 e. The molecule has 1 N–H and O–H groups in total. The van der Waals surface area contributed by atoms with Crippen LogP contribution in [0.2, 0.25) is 10.0 Å². The number of benzene rings is 2. The van der Waals surface area contributed by atoms with Gasteiger partial charge in [-0.25, -0.2) is 9.18 Å². The third kappa shape index (κ3) is 4.53. The van der Waals surface area contributed by atoms with E-state index in [-0.39, 0.29) is 21.4 Å². The summed E-state index contributed by atoms with van der Waals surface area (Å²) in [4.78, 5) is 39.1. The lowest BCUT2D eigenvalue weighted by molar-refractivity contribution is -0.122. The van der Waals surface area contributed by atoms with Gasteiger partial charge in [0.25, 0.3) is 11.8 Å². The van der Waals surface area contributed by atoms with Gasteiger partial charge in [0.05, 0.1) is 34.1 Å². The summed E-state index contributed by atoms with van der Waals surface area (Å²) in [6, 6.07) is 10.2.